The van der Waals surface area contributed by atoms with Crippen molar-refractivity contribution in [2.75, 3.05) is 0 Å². The second-order valence-electron chi connectivity index (χ2n) is 5.38. The first-order valence-corrected chi connectivity index (χ1v) is 7.57. The molecule has 0 heterocycles. The number of Topliss-reactive ketones (excluding diaryl/α,β-unsaturated/α-hetero) is 1. The SMILES string of the molecule is O=C(O)CC(CC(=O)OCc1ccccc1)C(=O)c1ccccc1. The average Bonchev–Trinajstić information content (AvgIpc) is 2.60. The Kier molecular flexibility index (Phi) is 6.25. The fourth-order valence-corrected chi connectivity index (χ4v) is 2.30. The largest absolute Gasteiger partial charge is 0.481 e. The van der Waals surface area contributed by atoms with E-state index in [2.05, 4.69) is 0 Å². The van der Waals surface area contributed by atoms with Crippen LogP contribution in [0.25, 0.3) is 0 Å². The molecule has 0 aliphatic rings. The summed E-state index contributed by atoms with van der Waals surface area (Å²) in [5.74, 6) is -3.02. The Hall–Kier alpha value is -2.95. The highest BCUT2D eigenvalue weighted by molar-refractivity contribution is 6.00. The molecule has 0 fully saturated rings. The predicted octanol–water partition coefficient (Wildman–Crippen LogP) is 3.09. The van der Waals surface area contributed by atoms with E-state index >= 15 is 0 Å². The minimum Gasteiger partial charge on any atom is -0.481 e. The Morgan fingerprint density at radius 1 is 0.875 bits per heavy atom. The third-order valence-electron chi connectivity index (χ3n) is 3.51. The molecule has 124 valence electrons. The number of ketones is 1. The van der Waals surface area contributed by atoms with Crippen LogP contribution in [0.4, 0.5) is 0 Å². The zero-order valence-corrected chi connectivity index (χ0v) is 13.1. The standard InChI is InChI=1S/C19H18O5/c20-17(21)11-16(19(23)15-9-5-2-6-10-15)12-18(22)24-13-14-7-3-1-4-8-14/h1-10,16H,11-13H2,(H,20,21). The third-order valence-corrected chi connectivity index (χ3v) is 3.51. The fourth-order valence-electron chi connectivity index (χ4n) is 2.30. The van der Waals surface area contributed by atoms with E-state index in [1.165, 1.54) is 0 Å². The first-order chi connectivity index (χ1) is 11.6. The highest BCUT2D eigenvalue weighted by Crippen LogP contribution is 2.18. The third kappa shape index (κ3) is 5.35. The van der Waals surface area contributed by atoms with Crippen LogP contribution in [-0.4, -0.2) is 22.8 Å². The van der Waals surface area contributed by atoms with Crippen molar-refractivity contribution in [2.45, 2.75) is 19.4 Å². The van der Waals surface area contributed by atoms with Crippen LogP contribution in [-0.2, 0) is 20.9 Å². The summed E-state index contributed by atoms with van der Waals surface area (Å²) < 4.78 is 5.14. The Morgan fingerprint density at radius 2 is 1.46 bits per heavy atom. The lowest BCUT2D eigenvalue weighted by molar-refractivity contribution is -0.146. The van der Waals surface area contributed by atoms with Gasteiger partial charge >= 0.3 is 11.9 Å². The number of hydrogen-bond donors (Lipinski definition) is 1. The molecule has 0 radical (unpaired) electrons. The summed E-state index contributed by atoms with van der Waals surface area (Å²) in [6.45, 7) is 0.0962. The van der Waals surface area contributed by atoms with Crippen molar-refractivity contribution >= 4 is 17.7 Å². The van der Waals surface area contributed by atoms with Gasteiger partial charge in [0.15, 0.2) is 5.78 Å². The normalized spacial score (nSPS) is 11.5. The summed E-state index contributed by atoms with van der Waals surface area (Å²) in [4.78, 5) is 35.4. The molecular formula is C19H18O5. The van der Waals surface area contributed by atoms with Gasteiger partial charge in [-0.1, -0.05) is 60.7 Å². The topological polar surface area (TPSA) is 80.7 Å². The van der Waals surface area contributed by atoms with Gasteiger partial charge in [0, 0.05) is 11.5 Å². The molecule has 0 spiro atoms. The number of rotatable bonds is 8. The maximum atomic E-state index is 12.4. The van der Waals surface area contributed by atoms with Crippen LogP contribution >= 0.6 is 0 Å². The van der Waals surface area contributed by atoms with Gasteiger partial charge in [-0.05, 0) is 5.56 Å². The van der Waals surface area contributed by atoms with Crippen LogP contribution in [0, 0.1) is 5.92 Å². The molecule has 1 unspecified atom stereocenters. The molecule has 24 heavy (non-hydrogen) atoms. The Labute approximate surface area is 139 Å². The van der Waals surface area contributed by atoms with E-state index in [1.807, 2.05) is 30.3 Å². The maximum absolute atomic E-state index is 12.4. The number of aliphatic carboxylic acids is 1. The van der Waals surface area contributed by atoms with Gasteiger partial charge in [0.25, 0.3) is 0 Å². The predicted molar refractivity (Wildman–Crippen MR) is 87.4 cm³/mol. The number of benzene rings is 2. The first kappa shape index (κ1) is 17.4. The van der Waals surface area contributed by atoms with E-state index < -0.39 is 24.3 Å². The number of carbonyl (C=O) groups is 3. The molecule has 1 atom stereocenters. The van der Waals surface area contributed by atoms with Crippen LogP contribution in [0.15, 0.2) is 60.7 Å². The lowest BCUT2D eigenvalue weighted by atomic mass is 9.92. The first-order valence-electron chi connectivity index (χ1n) is 7.57. The molecule has 2 aromatic carbocycles. The number of ether oxygens (including phenoxy) is 1. The molecule has 5 heteroatoms. The monoisotopic (exact) mass is 326 g/mol. The van der Waals surface area contributed by atoms with Crippen LogP contribution in [0.5, 0.6) is 0 Å². The number of esters is 1. The summed E-state index contributed by atoms with van der Waals surface area (Å²) >= 11 is 0. The minimum atomic E-state index is -1.12. The van der Waals surface area contributed by atoms with E-state index in [1.54, 1.807) is 30.3 Å². The lowest BCUT2D eigenvalue weighted by Gasteiger charge is -2.13. The number of carboxylic acids is 1. The smallest absolute Gasteiger partial charge is 0.306 e. The van der Waals surface area contributed by atoms with Gasteiger partial charge in [0.2, 0.25) is 0 Å². The van der Waals surface area contributed by atoms with Crippen molar-refractivity contribution in [1.82, 2.24) is 0 Å². The Balaban J connectivity index is 1.99. The van der Waals surface area contributed by atoms with Gasteiger partial charge in [0.05, 0.1) is 12.8 Å². The molecule has 0 saturated heterocycles. The van der Waals surface area contributed by atoms with Gasteiger partial charge in [0.1, 0.15) is 6.61 Å². The van der Waals surface area contributed by atoms with Crippen LogP contribution in [0.3, 0.4) is 0 Å². The van der Waals surface area contributed by atoms with Crippen molar-refractivity contribution in [1.29, 1.82) is 0 Å². The van der Waals surface area contributed by atoms with Crippen molar-refractivity contribution < 1.29 is 24.2 Å². The highest BCUT2D eigenvalue weighted by Gasteiger charge is 2.26. The molecule has 0 aliphatic carbocycles. The van der Waals surface area contributed by atoms with E-state index in [9.17, 15) is 14.4 Å². The minimum absolute atomic E-state index is 0.0962. The molecule has 0 aliphatic heterocycles. The van der Waals surface area contributed by atoms with Gasteiger partial charge in [-0.3, -0.25) is 14.4 Å². The van der Waals surface area contributed by atoms with Crippen molar-refractivity contribution in [3.8, 4) is 0 Å². The lowest BCUT2D eigenvalue weighted by Crippen LogP contribution is -2.23. The van der Waals surface area contributed by atoms with Crippen molar-refractivity contribution in [3.05, 3.63) is 71.8 Å². The van der Waals surface area contributed by atoms with E-state index in [0.717, 1.165) is 5.56 Å². The van der Waals surface area contributed by atoms with Crippen molar-refractivity contribution in [3.63, 3.8) is 0 Å². The van der Waals surface area contributed by atoms with Gasteiger partial charge in [-0.2, -0.15) is 0 Å². The van der Waals surface area contributed by atoms with Gasteiger partial charge in [-0.15, -0.1) is 0 Å². The summed E-state index contributed by atoms with van der Waals surface area (Å²) in [5.41, 5.74) is 1.22. The average molecular weight is 326 g/mol. The number of carbonyl (C=O) groups excluding carboxylic acids is 2. The fraction of sp³-hybridized carbons (Fsp3) is 0.211. The molecular weight excluding hydrogens is 308 g/mol. The van der Waals surface area contributed by atoms with Crippen LogP contribution in [0.2, 0.25) is 0 Å². The quantitative estimate of drug-likeness (QED) is 0.595. The summed E-state index contributed by atoms with van der Waals surface area (Å²) in [6, 6.07) is 17.5. The maximum Gasteiger partial charge on any atom is 0.306 e. The molecule has 0 saturated carbocycles. The van der Waals surface area contributed by atoms with E-state index in [-0.39, 0.29) is 18.8 Å². The Morgan fingerprint density at radius 3 is 2.04 bits per heavy atom. The zero-order chi connectivity index (χ0) is 17.4. The molecule has 5 nitrogen and oxygen atoms in total. The number of carboxylic acid groups (broad SMARTS) is 1. The molecule has 2 aromatic rings. The Bertz CT molecular complexity index is 694. The van der Waals surface area contributed by atoms with Crippen LogP contribution < -0.4 is 0 Å². The van der Waals surface area contributed by atoms with E-state index in [0.29, 0.717) is 5.56 Å². The summed E-state index contributed by atoms with van der Waals surface area (Å²) in [5, 5.41) is 9.00. The second kappa shape index (κ2) is 8.62. The molecule has 2 rings (SSSR count). The second-order valence-corrected chi connectivity index (χ2v) is 5.38. The zero-order valence-electron chi connectivity index (χ0n) is 13.1. The van der Waals surface area contributed by atoms with Crippen molar-refractivity contribution in [2.24, 2.45) is 5.92 Å². The molecule has 1 N–H and O–H groups in total. The van der Waals surface area contributed by atoms with Gasteiger partial charge in [-0.25, -0.2) is 0 Å². The molecule has 0 amide bonds. The highest BCUT2D eigenvalue weighted by atomic mass is 16.5. The number of hydrogen-bond acceptors (Lipinski definition) is 4. The summed E-state index contributed by atoms with van der Waals surface area (Å²) in [6.07, 6.45) is -0.666. The van der Waals surface area contributed by atoms with E-state index in [4.69, 9.17) is 9.84 Å². The summed E-state index contributed by atoms with van der Waals surface area (Å²) in [7, 11) is 0. The molecule has 0 bridgehead atoms. The van der Waals surface area contributed by atoms with Crippen LogP contribution in [0.1, 0.15) is 28.8 Å². The molecule has 0 aromatic heterocycles. The van der Waals surface area contributed by atoms with Gasteiger partial charge < -0.3 is 9.84 Å².